The smallest absolute Gasteiger partial charge is 0.241 e. The molecule has 0 spiro atoms. The van der Waals surface area contributed by atoms with Gasteiger partial charge in [0.1, 0.15) is 5.76 Å². The van der Waals surface area contributed by atoms with Crippen molar-refractivity contribution in [3.8, 4) is 0 Å². The van der Waals surface area contributed by atoms with Gasteiger partial charge in [-0.25, -0.2) is 0 Å². The predicted octanol–water partition coefficient (Wildman–Crippen LogP) is 4.29. The van der Waals surface area contributed by atoms with E-state index >= 15 is 0 Å². The molecule has 0 aliphatic carbocycles. The Labute approximate surface area is 147 Å². The molecule has 25 heavy (non-hydrogen) atoms. The Balaban J connectivity index is 1.74. The Kier molecular flexibility index (Phi) is 5.31. The van der Waals surface area contributed by atoms with E-state index in [4.69, 9.17) is 4.42 Å². The van der Waals surface area contributed by atoms with E-state index in [9.17, 15) is 4.79 Å². The fraction of sp³-hybridized carbons (Fsp3) is 0.190. The van der Waals surface area contributed by atoms with Crippen LogP contribution in [-0.2, 0) is 4.79 Å². The van der Waals surface area contributed by atoms with Gasteiger partial charge >= 0.3 is 0 Å². The summed E-state index contributed by atoms with van der Waals surface area (Å²) in [4.78, 5) is 12.6. The molecule has 0 fully saturated rings. The van der Waals surface area contributed by atoms with Gasteiger partial charge in [0.25, 0.3) is 0 Å². The topological polar surface area (TPSA) is 54.3 Å². The van der Waals surface area contributed by atoms with Crippen LogP contribution in [0.4, 0.5) is 5.69 Å². The van der Waals surface area contributed by atoms with Crippen molar-refractivity contribution in [2.45, 2.75) is 25.9 Å². The quantitative estimate of drug-likeness (QED) is 0.707. The van der Waals surface area contributed by atoms with Crippen LogP contribution in [0.2, 0.25) is 0 Å². The zero-order valence-electron chi connectivity index (χ0n) is 14.4. The van der Waals surface area contributed by atoms with Gasteiger partial charge in [0.2, 0.25) is 5.91 Å². The highest BCUT2D eigenvalue weighted by Gasteiger charge is 2.22. The number of anilines is 1. The van der Waals surface area contributed by atoms with E-state index in [0.717, 1.165) is 22.6 Å². The normalized spacial score (nSPS) is 13.2. The van der Waals surface area contributed by atoms with Gasteiger partial charge in [-0.05, 0) is 49.2 Å². The molecular weight excluding hydrogens is 312 g/mol. The fourth-order valence-electron chi connectivity index (χ4n) is 2.74. The fourth-order valence-corrected chi connectivity index (χ4v) is 2.74. The van der Waals surface area contributed by atoms with Crippen molar-refractivity contribution >= 4 is 11.6 Å². The number of carbonyl (C=O) groups is 1. The van der Waals surface area contributed by atoms with E-state index in [1.54, 1.807) is 6.26 Å². The molecule has 0 radical (unpaired) electrons. The number of benzene rings is 2. The summed E-state index contributed by atoms with van der Waals surface area (Å²) < 4.78 is 5.57. The minimum Gasteiger partial charge on any atom is -0.467 e. The molecule has 2 atom stereocenters. The summed E-state index contributed by atoms with van der Waals surface area (Å²) >= 11 is 0. The molecule has 1 heterocycles. The summed E-state index contributed by atoms with van der Waals surface area (Å²) in [7, 11) is 0. The van der Waals surface area contributed by atoms with Crippen molar-refractivity contribution in [2.24, 2.45) is 0 Å². The van der Waals surface area contributed by atoms with Crippen LogP contribution in [0, 0.1) is 6.92 Å². The lowest BCUT2D eigenvalue weighted by molar-refractivity contribution is -0.117. The molecule has 0 saturated heterocycles. The SMILES string of the molecule is Cc1cccc(NC(=O)[C@@H](C)N[C@@H](c2ccccc2)c2ccco2)c1. The molecule has 0 aliphatic heterocycles. The maximum Gasteiger partial charge on any atom is 0.241 e. The van der Waals surface area contributed by atoms with E-state index < -0.39 is 6.04 Å². The Morgan fingerprint density at radius 3 is 2.48 bits per heavy atom. The van der Waals surface area contributed by atoms with E-state index in [1.807, 2.05) is 80.6 Å². The highest BCUT2D eigenvalue weighted by Crippen LogP contribution is 2.23. The average Bonchev–Trinajstić information content (AvgIpc) is 3.14. The first-order valence-electron chi connectivity index (χ1n) is 8.35. The van der Waals surface area contributed by atoms with Crippen LogP contribution in [-0.4, -0.2) is 11.9 Å². The van der Waals surface area contributed by atoms with Gasteiger partial charge in [-0.1, -0.05) is 42.5 Å². The summed E-state index contributed by atoms with van der Waals surface area (Å²) in [6, 6.07) is 20.9. The van der Waals surface area contributed by atoms with Crippen molar-refractivity contribution in [3.05, 3.63) is 89.9 Å². The Morgan fingerprint density at radius 2 is 1.80 bits per heavy atom. The monoisotopic (exact) mass is 334 g/mol. The van der Waals surface area contributed by atoms with E-state index in [0.29, 0.717) is 0 Å². The van der Waals surface area contributed by atoms with Gasteiger partial charge in [0, 0.05) is 5.69 Å². The molecule has 128 valence electrons. The number of aryl methyl sites for hydroxylation is 1. The van der Waals surface area contributed by atoms with Crippen LogP contribution in [0.3, 0.4) is 0 Å². The summed E-state index contributed by atoms with van der Waals surface area (Å²) in [5, 5.41) is 6.32. The third-order valence-electron chi connectivity index (χ3n) is 4.06. The summed E-state index contributed by atoms with van der Waals surface area (Å²) in [6.07, 6.45) is 1.64. The molecular formula is C21H22N2O2. The zero-order chi connectivity index (χ0) is 17.6. The molecule has 0 saturated carbocycles. The second kappa shape index (κ2) is 7.81. The Hall–Kier alpha value is -2.85. The lowest BCUT2D eigenvalue weighted by Gasteiger charge is -2.22. The maximum atomic E-state index is 12.6. The minimum atomic E-state index is -0.393. The number of furan rings is 1. The van der Waals surface area contributed by atoms with Crippen molar-refractivity contribution in [2.75, 3.05) is 5.32 Å². The van der Waals surface area contributed by atoms with Crippen LogP contribution >= 0.6 is 0 Å². The number of carbonyl (C=O) groups excluding carboxylic acids is 1. The molecule has 4 heteroatoms. The zero-order valence-corrected chi connectivity index (χ0v) is 14.4. The number of hydrogen-bond donors (Lipinski definition) is 2. The molecule has 1 aromatic heterocycles. The van der Waals surface area contributed by atoms with E-state index in [2.05, 4.69) is 10.6 Å². The minimum absolute atomic E-state index is 0.0851. The predicted molar refractivity (Wildman–Crippen MR) is 99.4 cm³/mol. The molecule has 0 bridgehead atoms. The first kappa shape index (κ1) is 17.0. The lowest BCUT2D eigenvalue weighted by atomic mass is 10.0. The number of rotatable bonds is 6. The molecule has 2 N–H and O–H groups in total. The van der Waals surface area contributed by atoms with Crippen LogP contribution in [0.1, 0.15) is 29.9 Å². The van der Waals surface area contributed by atoms with Crippen molar-refractivity contribution in [1.82, 2.24) is 5.32 Å². The van der Waals surface area contributed by atoms with Gasteiger partial charge in [-0.15, -0.1) is 0 Å². The Bertz CT molecular complexity index is 813. The van der Waals surface area contributed by atoms with Gasteiger partial charge < -0.3 is 9.73 Å². The first-order valence-corrected chi connectivity index (χ1v) is 8.35. The molecule has 1 amide bonds. The number of amides is 1. The summed E-state index contributed by atoms with van der Waals surface area (Å²) in [5.74, 6) is 0.694. The lowest BCUT2D eigenvalue weighted by Crippen LogP contribution is -2.40. The van der Waals surface area contributed by atoms with E-state index in [-0.39, 0.29) is 11.9 Å². The Morgan fingerprint density at radius 1 is 1.00 bits per heavy atom. The summed E-state index contributed by atoms with van der Waals surface area (Å²) in [6.45, 7) is 3.85. The molecule has 0 unspecified atom stereocenters. The van der Waals surface area contributed by atoms with Crippen LogP contribution < -0.4 is 10.6 Å². The van der Waals surface area contributed by atoms with Gasteiger partial charge in [-0.3, -0.25) is 10.1 Å². The molecule has 3 aromatic rings. The largest absolute Gasteiger partial charge is 0.467 e. The molecule has 0 aliphatic rings. The first-order chi connectivity index (χ1) is 12.1. The van der Waals surface area contributed by atoms with Crippen LogP contribution in [0.15, 0.2) is 77.4 Å². The van der Waals surface area contributed by atoms with E-state index in [1.165, 1.54) is 0 Å². The van der Waals surface area contributed by atoms with Crippen molar-refractivity contribution in [3.63, 3.8) is 0 Å². The number of hydrogen-bond acceptors (Lipinski definition) is 3. The molecule has 4 nitrogen and oxygen atoms in total. The van der Waals surface area contributed by atoms with Gasteiger partial charge in [-0.2, -0.15) is 0 Å². The van der Waals surface area contributed by atoms with Crippen molar-refractivity contribution < 1.29 is 9.21 Å². The third-order valence-corrected chi connectivity index (χ3v) is 4.06. The van der Waals surface area contributed by atoms with Gasteiger partial charge in [0.05, 0.1) is 18.3 Å². The van der Waals surface area contributed by atoms with Crippen molar-refractivity contribution in [1.29, 1.82) is 0 Å². The second-order valence-electron chi connectivity index (χ2n) is 6.11. The maximum absolute atomic E-state index is 12.6. The third kappa shape index (κ3) is 4.37. The van der Waals surface area contributed by atoms with Gasteiger partial charge in [0.15, 0.2) is 0 Å². The second-order valence-corrected chi connectivity index (χ2v) is 6.11. The summed E-state index contributed by atoms with van der Waals surface area (Å²) in [5.41, 5.74) is 2.96. The molecule has 2 aromatic carbocycles. The van der Waals surface area contributed by atoms with Crippen LogP contribution in [0.25, 0.3) is 0 Å². The standard InChI is InChI=1S/C21H22N2O2/c1-15-8-6-11-18(14-15)23-21(24)16(2)22-20(19-12-7-13-25-19)17-9-4-3-5-10-17/h3-14,16,20,22H,1-2H3,(H,23,24)/t16-,20+/m1/s1. The highest BCUT2D eigenvalue weighted by molar-refractivity contribution is 5.94. The number of nitrogens with one attached hydrogen (secondary N) is 2. The van der Waals surface area contributed by atoms with Crippen LogP contribution in [0.5, 0.6) is 0 Å². The molecule has 3 rings (SSSR count). The highest BCUT2D eigenvalue weighted by atomic mass is 16.3. The average molecular weight is 334 g/mol.